The largest absolute Gasteiger partial charge is 6.00 e. The van der Waals surface area contributed by atoms with Gasteiger partial charge in [0.2, 0.25) is 0 Å². The van der Waals surface area contributed by atoms with E-state index in [4.69, 9.17) is 0 Å². The first-order valence-corrected chi connectivity index (χ1v) is 7.40. The summed E-state index contributed by atoms with van der Waals surface area (Å²) in [6, 6.07) is 0. The SMILES string of the molecule is [Ru+6].c1nnc[n-]1.c1nnc[n-]1.c1nnc[n-]1.c1nnc[n-]1.c1nnc[n-]1.c1nnc[n-]1. The molecular weight excluding hydrogens is 497 g/mol. The molecule has 6 rings (SSSR count). The Hall–Kier alpha value is -4.54. The molecule has 0 aliphatic heterocycles. The summed E-state index contributed by atoms with van der Waals surface area (Å²) in [5.41, 5.74) is 0. The van der Waals surface area contributed by atoms with Gasteiger partial charge >= 0.3 is 19.5 Å². The minimum Gasteiger partial charge on any atom is -0.374 e. The molecule has 6 heterocycles. The summed E-state index contributed by atoms with van der Waals surface area (Å²) in [6.45, 7) is 0. The molecular formula is C12H12N18Ru. The molecule has 0 aromatic carbocycles. The third-order valence-corrected chi connectivity index (χ3v) is 1.82. The summed E-state index contributed by atoms with van der Waals surface area (Å²) in [4.78, 5) is 21.0. The van der Waals surface area contributed by atoms with Crippen LogP contribution in [0.25, 0.3) is 0 Å². The Balaban J connectivity index is 0.000000346. The molecule has 18 nitrogen and oxygen atoms in total. The summed E-state index contributed by atoms with van der Waals surface area (Å²) >= 11 is 0. The van der Waals surface area contributed by atoms with Crippen molar-refractivity contribution in [2.75, 3.05) is 0 Å². The van der Waals surface area contributed by atoms with Gasteiger partial charge in [-0.1, -0.05) is 0 Å². The van der Waals surface area contributed by atoms with Crippen molar-refractivity contribution >= 4 is 0 Å². The van der Waals surface area contributed by atoms with Crippen molar-refractivity contribution in [3.63, 3.8) is 0 Å². The molecule has 0 atom stereocenters. The molecule has 0 aliphatic carbocycles. The first-order valence-electron chi connectivity index (χ1n) is 7.40. The zero-order valence-electron chi connectivity index (χ0n) is 15.3. The van der Waals surface area contributed by atoms with E-state index in [1.165, 1.54) is 75.9 Å². The van der Waals surface area contributed by atoms with Crippen LogP contribution in [0.15, 0.2) is 75.9 Å². The molecule has 0 N–H and O–H groups in total. The van der Waals surface area contributed by atoms with Gasteiger partial charge in [0.15, 0.2) is 0 Å². The van der Waals surface area contributed by atoms with Crippen molar-refractivity contribution in [3.05, 3.63) is 75.9 Å². The first kappa shape index (κ1) is 26.5. The van der Waals surface area contributed by atoms with E-state index in [0.29, 0.717) is 0 Å². The van der Waals surface area contributed by atoms with E-state index >= 15 is 0 Å². The summed E-state index contributed by atoms with van der Waals surface area (Å²) in [7, 11) is 0. The molecule has 19 heteroatoms. The molecule has 0 aliphatic rings. The van der Waals surface area contributed by atoms with Crippen LogP contribution in [0.5, 0.6) is 0 Å². The Morgan fingerprint density at radius 1 is 0.226 bits per heavy atom. The average molecular weight is 509 g/mol. The van der Waals surface area contributed by atoms with Gasteiger partial charge in [0.05, 0.1) is 0 Å². The third-order valence-electron chi connectivity index (χ3n) is 1.82. The van der Waals surface area contributed by atoms with Gasteiger partial charge in [-0.2, -0.15) is 0 Å². The molecule has 0 fully saturated rings. The minimum absolute atomic E-state index is 0. The summed E-state index contributed by atoms with van der Waals surface area (Å²) in [5.74, 6) is 0. The Labute approximate surface area is 186 Å². The summed E-state index contributed by atoms with van der Waals surface area (Å²) in [6.07, 6.45) is 16.7. The second kappa shape index (κ2) is 23.5. The number of nitrogens with zero attached hydrogens (tertiary/aromatic N) is 18. The predicted octanol–water partition coefficient (Wildman–Crippen LogP) is -3.40. The van der Waals surface area contributed by atoms with Crippen molar-refractivity contribution in [1.82, 2.24) is 91.1 Å². The Morgan fingerprint density at radius 2 is 0.323 bits per heavy atom. The van der Waals surface area contributed by atoms with Gasteiger partial charge in [-0.25, -0.2) is 0 Å². The van der Waals surface area contributed by atoms with Crippen molar-refractivity contribution in [2.45, 2.75) is 0 Å². The average Bonchev–Trinajstić information content (AvgIpc) is 3.69. The minimum atomic E-state index is 0. The van der Waals surface area contributed by atoms with Gasteiger partial charge < -0.3 is 91.1 Å². The maximum Gasteiger partial charge on any atom is 6.00 e. The molecule has 0 spiro atoms. The maximum absolute atomic E-state index is 3.50. The molecule has 0 saturated heterocycles. The van der Waals surface area contributed by atoms with Crippen LogP contribution in [0.1, 0.15) is 0 Å². The fourth-order valence-corrected chi connectivity index (χ4v) is 0.894. The van der Waals surface area contributed by atoms with E-state index in [9.17, 15) is 0 Å². The number of hydrogen-bond donors (Lipinski definition) is 0. The molecule has 0 saturated carbocycles. The fourth-order valence-electron chi connectivity index (χ4n) is 0.894. The second-order valence-corrected chi connectivity index (χ2v) is 3.67. The standard InChI is InChI=1S/6C2H2N3.Ru/c6*1-3-2-5-4-1;/h6*1-2H;/q6*-1;+6. The Morgan fingerprint density at radius 3 is 0.355 bits per heavy atom. The van der Waals surface area contributed by atoms with E-state index in [1.807, 2.05) is 0 Å². The molecule has 31 heavy (non-hydrogen) atoms. The van der Waals surface area contributed by atoms with Crippen molar-refractivity contribution in [3.8, 4) is 0 Å². The molecule has 6 aromatic heterocycles. The van der Waals surface area contributed by atoms with Gasteiger partial charge in [-0.05, 0) is 75.9 Å². The van der Waals surface area contributed by atoms with Gasteiger partial charge in [0.1, 0.15) is 0 Å². The topological polar surface area (TPSA) is 239 Å². The monoisotopic (exact) mass is 510 g/mol. The smallest absolute Gasteiger partial charge is 0.374 e. The van der Waals surface area contributed by atoms with E-state index in [-0.39, 0.29) is 19.5 Å². The van der Waals surface area contributed by atoms with Crippen molar-refractivity contribution in [2.24, 2.45) is 0 Å². The van der Waals surface area contributed by atoms with Gasteiger partial charge in [-0.15, -0.1) is 0 Å². The van der Waals surface area contributed by atoms with Crippen LogP contribution in [0, 0.1) is 0 Å². The molecule has 0 amide bonds. The van der Waals surface area contributed by atoms with Crippen molar-refractivity contribution < 1.29 is 19.5 Å². The second-order valence-electron chi connectivity index (χ2n) is 3.67. The van der Waals surface area contributed by atoms with Crippen LogP contribution in [-0.2, 0) is 19.5 Å². The molecule has 0 radical (unpaired) electrons. The Bertz CT molecular complexity index is 578. The Kier molecular flexibility index (Phi) is 20.1. The van der Waals surface area contributed by atoms with E-state index in [0.717, 1.165) is 0 Å². The van der Waals surface area contributed by atoms with Crippen LogP contribution in [-0.4, -0.2) is 61.2 Å². The summed E-state index contributed by atoms with van der Waals surface area (Å²) in [5, 5.41) is 40.3. The zero-order chi connectivity index (χ0) is 21.2. The molecule has 0 unspecified atom stereocenters. The first-order chi connectivity index (χ1) is 15.0. The van der Waals surface area contributed by atoms with Gasteiger partial charge in [0, 0.05) is 0 Å². The van der Waals surface area contributed by atoms with Crippen LogP contribution >= 0.6 is 0 Å². The maximum atomic E-state index is 3.50. The normalized spacial score (nSPS) is 7.74. The van der Waals surface area contributed by atoms with Crippen LogP contribution < -0.4 is 29.9 Å². The molecule has 0 bridgehead atoms. The zero-order valence-corrected chi connectivity index (χ0v) is 17.1. The molecule has 6 aromatic rings. The van der Waals surface area contributed by atoms with Crippen LogP contribution in [0.4, 0.5) is 0 Å². The van der Waals surface area contributed by atoms with E-state index in [1.54, 1.807) is 0 Å². The number of aromatic nitrogens is 18. The van der Waals surface area contributed by atoms with Crippen molar-refractivity contribution in [1.29, 1.82) is 0 Å². The quantitative estimate of drug-likeness (QED) is 0.181. The van der Waals surface area contributed by atoms with Crippen LogP contribution in [0.2, 0.25) is 0 Å². The number of rotatable bonds is 0. The summed E-state index contributed by atoms with van der Waals surface area (Å²) < 4.78 is 0. The molecule has 158 valence electrons. The van der Waals surface area contributed by atoms with Gasteiger partial charge in [0.25, 0.3) is 0 Å². The van der Waals surface area contributed by atoms with Gasteiger partial charge in [-0.3, -0.25) is 0 Å². The van der Waals surface area contributed by atoms with E-state index < -0.39 is 0 Å². The van der Waals surface area contributed by atoms with Crippen LogP contribution in [0.3, 0.4) is 0 Å². The fraction of sp³-hybridized carbons (Fsp3) is 0. The predicted molar refractivity (Wildman–Crippen MR) is 92.1 cm³/mol. The number of hydrogen-bond acceptors (Lipinski definition) is 12. The third kappa shape index (κ3) is 21.6. The van der Waals surface area contributed by atoms with E-state index in [2.05, 4.69) is 91.1 Å².